The summed E-state index contributed by atoms with van der Waals surface area (Å²) in [6, 6.07) is 8.42. The van der Waals surface area contributed by atoms with E-state index >= 15 is 0 Å². The van der Waals surface area contributed by atoms with Gasteiger partial charge < -0.3 is 26.4 Å². The molecule has 0 bridgehead atoms. The predicted molar refractivity (Wildman–Crippen MR) is 128 cm³/mol. The normalized spacial score (nSPS) is 28.8. The van der Waals surface area contributed by atoms with E-state index in [-0.39, 0.29) is 37.1 Å². The quantitative estimate of drug-likeness (QED) is 0.427. The van der Waals surface area contributed by atoms with E-state index in [0.717, 1.165) is 11.1 Å². The van der Waals surface area contributed by atoms with E-state index in [0.29, 0.717) is 16.9 Å². The number of benzene rings is 2. The largest absolute Gasteiger partial charge is 0.507 e. The van der Waals surface area contributed by atoms with Crippen LogP contribution in [0.3, 0.4) is 0 Å². The van der Waals surface area contributed by atoms with Crippen LogP contribution in [0.15, 0.2) is 30.3 Å². The molecule has 0 spiro atoms. The molecule has 0 aromatic heterocycles. The number of carbonyl (C=O) groups excluding carboxylic acids is 5. The first-order valence-corrected chi connectivity index (χ1v) is 11.9. The van der Waals surface area contributed by atoms with Gasteiger partial charge in [-0.3, -0.25) is 24.0 Å². The average molecular weight is 507 g/mol. The molecule has 0 heterocycles. The number of ketones is 4. The number of fused-ring (bicyclic) bond motifs is 3. The molecule has 2 aromatic rings. The lowest BCUT2D eigenvalue weighted by molar-refractivity contribution is -0.175. The Hall–Kier alpha value is -3.89. The van der Waals surface area contributed by atoms with Gasteiger partial charge in [0.2, 0.25) is 5.91 Å². The second-order valence-corrected chi connectivity index (χ2v) is 9.96. The molecule has 6 N–H and O–H groups in total. The lowest BCUT2D eigenvalue weighted by atomic mass is 9.53. The van der Waals surface area contributed by atoms with Crippen molar-refractivity contribution >= 4 is 29.0 Å². The number of ether oxygens (including phenoxy) is 1. The lowest BCUT2D eigenvalue weighted by Crippen LogP contribution is -2.68. The second kappa shape index (κ2) is 8.60. The Morgan fingerprint density at radius 2 is 1.84 bits per heavy atom. The van der Waals surface area contributed by atoms with Crippen molar-refractivity contribution in [2.24, 2.45) is 35.1 Å². The number of methoxy groups -OCH3 is 1. The number of aromatic hydroxyl groups is 1. The van der Waals surface area contributed by atoms with Crippen molar-refractivity contribution in [2.75, 3.05) is 7.11 Å². The molecule has 5 rings (SSSR count). The number of carbonyl (C=O) groups is 5. The monoisotopic (exact) mass is 506 g/mol. The van der Waals surface area contributed by atoms with Crippen LogP contribution in [0.4, 0.5) is 0 Å². The Morgan fingerprint density at radius 3 is 2.49 bits per heavy atom. The van der Waals surface area contributed by atoms with Crippen LogP contribution in [-0.2, 0) is 32.1 Å². The molecular weight excluding hydrogens is 480 g/mol. The zero-order valence-corrected chi connectivity index (χ0v) is 20.0. The maximum atomic E-state index is 13.7. The van der Waals surface area contributed by atoms with Crippen LogP contribution < -0.4 is 16.2 Å². The highest BCUT2D eigenvalue weighted by molar-refractivity contribution is 6.31. The Bertz CT molecular complexity index is 1400. The lowest BCUT2D eigenvalue weighted by Gasteiger charge is -2.48. The number of Topliss-reactive ketones (excluding diaryl/α,β-unsaturated/α-hetero) is 4. The van der Waals surface area contributed by atoms with E-state index in [1.165, 1.54) is 13.2 Å². The summed E-state index contributed by atoms with van der Waals surface area (Å²) >= 11 is 0. The number of hydrogen-bond acceptors (Lipinski definition) is 9. The third-order valence-electron chi connectivity index (χ3n) is 8.10. The number of phenolic OH excluding ortho intramolecular Hbond substituents is 1. The minimum absolute atomic E-state index is 0.0345. The third-order valence-corrected chi connectivity index (χ3v) is 8.10. The summed E-state index contributed by atoms with van der Waals surface area (Å²) < 4.78 is 5.34. The number of hydrogen-bond donors (Lipinski definition) is 4. The molecule has 0 aliphatic heterocycles. The summed E-state index contributed by atoms with van der Waals surface area (Å²) in [7, 11) is 1.53. The zero-order valence-electron chi connectivity index (χ0n) is 20.0. The molecule has 10 nitrogen and oxygen atoms in total. The van der Waals surface area contributed by atoms with E-state index in [1.807, 2.05) is 6.07 Å². The molecule has 0 radical (unpaired) electrons. The Morgan fingerprint density at radius 1 is 1.11 bits per heavy atom. The molecule has 2 unspecified atom stereocenters. The fourth-order valence-electron chi connectivity index (χ4n) is 6.34. The standard InChI is InChI=1S/C27H26N2O8/c1-37-19-5-2-11(6-13(19)10-28)15-3-4-17(30)21-16(15)8-12-7-14-9-18(31)22(26(29)35)25(34)27(14,36)24(33)20(12)23(21)32/h2-6,12,14,20,22,30,36H,7-10,28H2,1H3,(H2,29,35)/t12-,14+,20?,22?,27+/m1/s1. The Balaban J connectivity index is 1.61. The van der Waals surface area contributed by atoms with Gasteiger partial charge in [0.25, 0.3) is 0 Å². The minimum Gasteiger partial charge on any atom is -0.507 e. The van der Waals surface area contributed by atoms with Crippen LogP contribution in [0.25, 0.3) is 11.1 Å². The zero-order chi connectivity index (χ0) is 26.8. The number of rotatable bonds is 4. The molecule has 192 valence electrons. The second-order valence-electron chi connectivity index (χ2n) is 9.96. The predicted octanol–water partition coefficient (Wildman–Crippen LogP) is 0.461. The Labute approximate surface area is 211 Å². The van der Waals surface area contributed by atoms with Crippen LogP contribution >= 0.6 is 0 Å². The topological polar surface area (TPSA) is 187 Å². The van der Waals surface area contributed by atoms with E-state index in [1.54, 1.807) is 18.2 Å². The van der Waals surface area contributed by atoms with Gasteiger partial charge in [0.15, 0.2) is 34.7 Å². The fourth-order valence-corrected chi connectivity index (χ4v) is 6.34. The first kappa shape index (κ1) is 24.8. The van der Waals surface area contributed by atoms with Gasteiger partial charge in [-0.15, -0.1) is 0 Å². The summed E-state index contributed by atoms with van der Waals surface area (Å²) in [5, 5.41) is 21.9. The summed E-state index contributed by atoms with van der Waals surface area (Å²) in [6.07, 6.45) is -0.149. The van der Waals surface area contributed by atoms with Crippen LogP contribution in [0.5, 0.6) is 11.5 Å². The van der Waals surface area contributed by atoms with E-state index in [4.69, 9.17) is 16.2 Å². The highest BCUT2D eigenvalue weighted by atomic mass is 16.5. The smallest absolute Gasteiger partial charge is 0.235 e. The number of amides is 1. The third kappa shape index (κ3) is 3.43. The van der Waals surface area contributed by atoms with Crippen LogP contribution in [-0.4, -0.2) is 52.0 Å². The first-order valence-electron chi connectivity index (χ1n) is 11.9. The van der Waals surface area contributed by atoms with E-state index in [9.17, 15) is 34.2 Å². The van der Waals surface area contributed by atoms with Crippen molar-refractivity contribution in [3.8, 4) is 22.6 Å². The molecule has 1 amide bonds. The SMILES string of the molecule is COc1ccc(-c2ccc(O)c3c2C[C@H]2C[C@H]4CC(=O)C(C(N)=O)C(=O)[C@@]4(O)C(=O)C2C3=O)cc1CN. The minimum atomic E-state index is -2.67. The maximum Gasteiger partial charge on any atom is 0.235 e. The molecular formula is C27H26N2O8. The van der Waals surface area contributed by atoms with Crippen molar-refractivity contribution < 1.29 is 38.9 Å². The van der Waals surface area contributed by atoms with E-state index < -0.39 is 58.3 Å². The van der Waals surface area contributed by atoms with Gasteiger partial charge >= 0.3 is 0 Å². The fraction of sp³-hybridized carbons (Fsp3) is 0.370. The first-order chi connectivity index (χ1) is 17.5. The Kier molecular flexibility index (Phi) is 5.76. The molecule has 2 aromatic carbocycles. The van der Waals surface area contributed by atoms with Gasteiger partial charge in [-0.1, -0.05) is 12.1 Å². The van der Waals surface area contributed by atoms with Crippen LogP contribution in [0, 0.1) is 23.7 Å². The van der Waals surface area contributed by atoms with Gasteiger partial charge in [-0.25, -0.2) is 0 Å². The summed E-state index contributed by atoms with van der Waals surface area (Å²) in [6.45, 7) is 0.212. The van der Waals surface area contributed by atoms with Gasteiger partial charge in [0, 0.05) is 24.4 Å². The number of phenols is 1. The van der Waals surface area contributed by atoms with Gasteiger partial charge in [-0.2, -0.15) is 0 Å². The molecule has 3 aliphatic rings. The van der Waals surface area contributed by atoms with Crippen molar-refractivity contribution in [1.82, 2.24) is 0 Å². The van der Waals surface area contributed by atoms with Crippen molar-refractivity contribution in [3.05, 3.63) is 47.0 Å². The molecule has 5 atom stereocenters. The van der Waals surface area contributed by atoms with Crippen molar-refractivity contribution in [2.45, 2.75) is 31.4 Å². The van der Waals surface area contributed by atoms with Crippen LogP contribution in [0.2, 0.25) is 0 Å². The molecule has 3 aliphatic carbocycles. The molecule has 37 heavy (non-hydrogen) atoms. The van der Waals surface area contributed by atoms with E-state index in [2.05, 4.69) is 0 Å². The van der Waals surface area contributed by atoms with Crippen molar-refractivity contribution in [1.29, 1.82) is 0 Å². The van der Waals surface area contributed by atoms with Gasteiger partial charge in [0.05, 0.1) is 18.6 Å². The van der Waals surface area contributed by atoms with Crippen molar-refractivity contribution in [3.63, 3.8) is 0 Å². The summed E-state index contributed by atoms with van der Waals surface area (Å²) in [5.41, 5.74) is 11.0. The maximum absolute atomic E-state index is 13.7. The number of nitrogens with two attached hydrogens (primary N) is 2. The number of aliphatic hydroxyl groups is 1. The molecule has 10 heteroatoms. The summed E-state index contributed by atoms with van der Waals surface area (Å²) in [4.78, 5) is 64.5. The molecule has 2 saturated carbocycles. The van der Waals surface area contributed by atoms with Gasteiger partial charge in [0.1, 0.15) is 11.5 Å². The number of primary amides is 1. The summed E-state index contributed by atoms with van der Waals surface area (Å²) in [5.74, 6) is -9.76. The highest BCUT2D eigenvalue weighted by Gasteiger charge is 2.66. The average Bonchev–Trinajstić information content (AvgIpc) is 2.85. The highest BCUT2D eigenvalue weighted by Crippen LogP contribution is 2.51. The molecule has 0 saturated heterocycles. The molecule has 2 fully saturated rings. The van der Waals surface area contributed by atoms with Crippen LogP contribution in [0.1, 0.15) is 34.3 Å². The van der Waals surface area contributed by atoms with Gasteiger partial charge in [-0.05, 0) is 53.6 Å².